The Morgan fingerprint density at radius 1 is 0.958 bits per heavy atom. The number of aromatic nitrogens is 1. The largest absolute Gasteiger partial charge is 0.366 e. The van der Waals surface area contributed by atoms with E-state index >= 15 is 0 Å². The second-order valence-corrected chi connectivity index (χ2v) is 5.60. The van der Waals surface area contributed by atoms with Gasteiger partial charge in [-0.3, -0.25) is 4.79 Å². The molecule has 0 aliphatic carbocycles. The molecule has 0 saturated carbocycles. The van der Waals surface area contributed by atoms with Gasteiger partial charge in [-0.15, -0.1) is 0 Å². The fourth-order valence-electron chi connectivity index (χ4n) is 2.19. The Morgan fingerprint density at radius 3 is 2.42 bits per heavy atom. The summed E-state index contributed by atoms with van der Waals surface area (Å²) in [4.78, 5) is 16.4. The molecular weight excluding hydrogens is 322 g/mol. The van der Waals surface area contributed by atoms with Crippen LogP contribution in [0.1, 0.15) is 15.9 Å². The smallest absolute Gasteiger partial charge is 0.255 e. The van der Waals surface area contributed by atoms with E-state index in [1.165, 1.54) is 0 Å². The van der Waals surface area contributed by atoms with Gasteiger partial charge in [-0.1, -0.05) is 48.0 Å². The Bertz CT molecular complexity index is 820. The van der Waals surface area contributed by atoms with Gasteiger partial charge < -0.3 is 10.6 Å². The quantitative estimate of drug-likeness (QED) is 0.715. The average Bonchev–Trinajstić information content (AvgIpc) is 2.63. The molecule has 5 heteroatoms. The molecule has 0 unspecified atom stereocenters. The number of pyridine rings is 1. The van der Waals surface area contributed by atoms with Crippen LogP contribution in [0.2, 0.25) is 5.02 Å². The van der Waals surface area contributed by atoms with Crippen molar-refractivity contribution in [1.29, 1.82) is 0 Å². The van der Waals surface area contributed by atoms with Gasteiger partial charge in [0, 0.05) is 17.1 Å². The molecule has 0 atom stereocenters. The van der Waals surface area contributed by atoms with E-state index in [2.05, 4.69) is 15.6 Å². The number of anilines is 2. The number of carbonyl (C=O) groups excluding carboxylic acids is 1. The average molecular weight is 338 g/mol. The molecule has 1 amide bonds. The number of halogens is 1. The molecule has 2 N–H and O–H groups in total. The van der Waals surface area contributed by atoms with Crippen molar-refractivity contribution in [2.75, 3.05) is 10.6 Å². The zero-order valence-electron chi connectivity index (χ0n) is 12.9. The SMILES string of the molecule is O=C(Nc1ccc(NCc2ccccc2Cl)nc1)c1ccccc1. The molecule has 24 heavy (non-hydrogen) atoms. The fraction of sp³-hybridized carbons (Fsp3) is 0.0526. The molecule has 120 valence electrons. The molecule has 1 aromatic heterocycles. The molecule has 3 rings (SSSR count). The van der Waals surface area contributed by atoms with Crippen LogP contribution in [0, 0.1) is 0 Å². The first-order valence-corrected chi connectivity index (χ1v) is 7.90. The van der Waals surface area contributed by atoms with Crippen molar-refractivity contribution >= 4 is 29.0 Å². The summed E-state index contributed by atoms with van der Waals surface area (Å²) in [5.74, 6) is 0.557. The summed E-state index contributed by atoms with van der Waals surface area (Å²) >= 11 is 6.12. The first-order chi connectivity index (χ1) is 11.7. The monoisotopic (exact) mass is 337 g/mol. The molecule has 0 bridgehead atoms. The maximum absolute atomic E-state index is 12.1. The van der Waals surface area contributed by atoms with Crippen molar-refractivity contribution in [3.63, 3.8) is 0 Å². The predicted octanol–water partition coefficient (Wildman–Crippen LogP) is 4.60. The standard InChI is InChI=1S/C19H16ClN3O/c20-17-9-5-4-8-15(17)12-21-18-11-10-16(13-22-18)23-19(24)14-6-2-1-3-7-14/h1-11,13H,12H2,(H,21,22)(H,23,24). The third-order valence-electron chi connectivity index (χ3n) is 3.48. The zero-order chi connectivity index (χ0) is 16.8. The van der Waals surface area contributed by atoms with Gasteiger partial charge in [-0.2, -0.15) is 0 Å². The number of amides is 1. The van der Waals surface area contributed by atoms with Gasteiger partial charge in [0.25, 0.3) is 5.91 Å². The van der Waals surface area contributed by atoms with E-state index in [1.54, 1.807) is 18.3 Å². The van der Waals surface area contributed by atoms with Gasteiger partial charge in [-0.05, 0) is 35.9 Å². The number of hydrogen-bond acceptors (Lipinski definition) is 3. The van der Waals surface area contributed by atoms with E-state index < -0.39 is 0 Å². The van der Waals surface area contributed by atoms with Crippen LogP contribution in [0.25, 0.3) is 0 Å². The van der Waals surface area contributed by atoms with Crippen LogP contribution in [0.4, 0.5) is 11.5 Å². The molecule has 0 fully saturated rings. The van der Waals surface area contributed by atoms with Crippen molar-refractivity contribution in [3.05, 3.63) is 89.1 Å². The van der Waals surface area contributed by atoms with Crippen molar-refractivity contribution in [3.8, 4) is 0 Å². The Balaban J connectivity index is 1.59. The van der Waals surface area contributed by atoms with Gasteiger partial charge in [0.1, 0.15) is 5.82 Å². The van der Waals surface area contributed by atoms with E-state index in [9.17, 15) is 4.79 Å². The summed E-state index contributed by atoms with van der Waals surface area (Å²) in [6, 6.07) is 20.3. The van der Waals surface area contributed by atoms with Gasteiger partial charge in [-0.25, -0.2) is 4.98 Å². The van der Waals surface area contributed by atoms with Crippen LogP contribution in [0.3, 0.4) is 0 Å². The third kappa shape index (κ3) is 4.12. The molecule has 0 spiro atoms. The second-order valence-electron chi connectivity index (χ2n) is 5.20. The summed E-state index contributed by atoms with van der Waals surface area (Å²) in [6.45, 7) is 0.586. The lowest BCUT2D eigenvalue weighted by Gasteiger charge is -2.09. The van der Waals surface area contributed by atoms with Gasteiger partial charge >= 0.3 is 0 Å². The van der Waals surface area contributed by atoms with Crippen molar-refractivity contribution in [2.24, 2.45) is 0 Å². The summed E-state index contributed by atoms with van der Waals surface area (Å²) in [5, 5.41) is 6.74. The Kier molecular flexibility index (Phi) is 5.08. The van der Waals surface area contributed by atoms with Crippen molar-refractivity contribution in [2.45, 2.75) is 6.54 Å². The minimum Gasteiger partial charge on any atom is -0.366 e. The van der Waals surface area contributed by atoms with Gasteiger partial charge in [0.15, 0.2) is 0 Å². The molecule has 0 aliphatic heterocycles. The Labute approximate surface area is 145 Å². The van der Waals surface area contributed by atoms with E-state index in [1.807, 2.05) is 54.6 Å². The Hall–Kier alpha value is -2.85. The van der Waals surface area contributed by atoms with Crippen LogP contribution in [0.15, 0.2) is 72.9 Å². The lowest BCUT2D eigenvalue weighted by Crippen LogP contribution is -2.12. The number of benzene rings is 2. The molecule has 0 saturated heterocycles. The van der Waals surface area contributed by atoms with E-state index in [0.29, 0.717) is 23.6 Å². The zero-order valence-corrected chi connectivity index (χ0v) is 13.6. The minimum atomic E-state index is -0.158. The molecule has 2 aromatic carbocycles. The molecule has 1 heterocycles. The summed E-state index contributed by atoms with van der Waals surface area (Å²) in [7, 11) is 0. The maximum atomic E-state index is 12.1. The van der Waals surface area contributed by atoms with Crippen LogP contribution >= 0.6 is 11.6 Å². The summed E-state index contributed by atoms with van der Waals surface area (Å²) in [6.07, 6.45) is 1.62. The topological polar surface area (TPSA) is 54.0 Å². The van der Waals surface area contributed by atoms with Crippen LogP contribution in [0.5, 0.6) is 0 Å². The molecule has 0 aliphatic rings. The minimum absolute atomic E-state index is 0.158. The highest BCUT2D eigenvalue weighted by Crippen LogP contribution is 2.17. The van der Waals surface area contributed by atoms with Crippen LogP contribution in [-0.2, 0) is 6.54 Å². The first-order valence-electron chi connectivity index (χ1n) is 7.52. The maximum Gasteiger partial charge on any atom is 0.255 e. The highest BCUT2D eigenvalue weighted by molar-refractivity contribution is 6.31. The lowest BCUT2D eigenvalue weighted by molar-refractivity contribution is 0.102. The Morgan fingerprint density at radius 2 is 1.71 bits per heavy atom. The molecule has 0 radical (unpaired) electrons. The van der Waals surface area contributed by atoms with Crippen LogP contribution in [-0.4, -0.2) is 10.9 Å². The number of nitrogens with zero attached hydrogens (tertiary/aromatic N) is 1. The normalized spacial score (nSPS) is 10.2. The van der Waals surface area contributed by atoms with E-state index in [0.717, 1.165) is 10.6 Å². The number of hydrogen-bond donors (Lipinski definition) is 2. The van der Waals surface area contributed by atoms with Crippen molar-refractivity contribution in [1.82, 2.24) is 4.98 Å². The molecular formula is C19H16ClN3O. The number of nitrogens with one attached hydrogen (secondary N) is 2. The molecule has 4 nitrogen and oxygen atoms in total. The first kappa shape index (κ1) is 16.0. The van der Waals surface area contributed by atoms with Crippen molar-refractivity contribution < 1.29 is 4.79 Å². The number of rotatable bonds is 5. The highest BCUT2D eigenvalue weighted by Gasteiger charge is 2.05. The van der Waals surface area contributed by atoms with Gasteiger partial charge in [0.2, 0.25) is 0 Å². The van der Waals surface area contributed by atoms with Gasteiger partial charge in [0.05, 0.1) is 11.9 Å². The fourth-order valence-corrected chi connectivity index (χ4v) is 2.40. The number of carbonyl (C=O) groups is 1. The summed E-state index contributed by atoms with van der Waals surface area (Å²) in [5.41, 5.74) is 2.26. The highest BCUT2D eigenvalue weighted by atomic mass is 35.5. The second kappa shape index (κ2) is 7.62. The summed E-state index contributed by atoms with van der Waals surface area (Å²) < 4.78 is 0. The van der Waals surface area contributed by atoms with E-state index in [4.69, 9.17) is 11.6 Å². The third-order valence-corrected chi connectivity index (χ3v) is 3.84. The van der Waals surface area contributed by atoms with E-state index in [-0.39, 0.29) is 5.91 Å². The predicted molar refractivity (Wildman–Crippen MR) is 97.4 cm³/mol. The van der Waals surface area contributed by atoms with Crippen LogP contribution < -0.4 is 10.6 Å². The molecule has 3 aromatic rings. The lowest BCUT2D eigenvalue weighted by atomic mass is 10.2.